The molecule has 1 amide bonds. The van der Waals surface area contributed by atoms with Crippen molar-refractivity contribution < 1.29 is 9.53 Å². The number of guanidine groups is 1. The van der Waals surface area contributed by atoms with Gasteiger partial charge >= 0.3 is 6.09 Å². The first-order valence-electron chi connectivity index (χ1n) is 9.57. The predicted octanol–water partition coefficient (Wildman–Crippen LogP) is 3.59. The van der Waals surface area contributed by atoms with Gasteiger partial charge in [0.25, 0.3) is 0 Å². The standard InChI is InChI=1S/C19H35N5O2S/c1-8-19(9-2,24-17(25)26-18(5,6)7)13-23-16(20-10-3)22-12-15-11-21-14(4)27-15/h11H,8-10,12-13H2,1-7H3,(H,24,25)(H2,20,22,23). The van der Waals surface area contributed by atoms with Crippen LogP contribution in [0.1, 0.15) is 64.3 Å². The van der Waals surface area contributed by atoms with Crippen LogP contribution < -0.4 is 16.0 Å². The maximum absolute atomic E-state index is 12.3. The van der Waals surface area contributed by atoms with Crippen LogP contribution in [-0.4, -0.2) is 41.3 Å². The molecule has 1 aromatic rings. The molecule has 1 rings (SSSR count). The van der Waals surface area contributed by atoms with Crippen LogP contribution >= 0.6 is 11.3 Å². The largest absolute Gasteiger partial charge is 0.444 e. The van der Waals surface area contributed by atoms with Gasteiger partial charge in [0.2, 0.25) is 0 Å². The highest BCUT2D eigenvalue weighted by atomic mass is 32.1. The van der Waals surface area contributed by atoms with E-state index in [0.29, 0.717) is 13.1 Å². The summed E-state index contributed by atoms with van der Waals surface area (Å²) in [6.07, 6.45) is 3.03. The second-order valence-electron chi connectivity index (χ2n) is 7.51. The zero-order chi connectivity index (χ0) is 20.5. The number of alkyl carbamates (subject to hydrolysis) is 1. The molecule has 0 aliphatic heterocycles. The molecule has 0 atom stereocenters. The summed E-state index contributed by atoms with van der Waals surface area (Å²) < 4.78 is 5.43. The maximum atomic E-state index is 12.3. The van der Waals surface area contributed by atoms with E-state index in [1.165, 1.54) is 0 Å². The summed E-state index contributed by atoms with van der Waals surface area (Å²) in [4.78, 5) is 22.3. The Hall–Kier alpha value is -1.83. The summed E-state index contributed by atoms with van der Waals surface area (Å²) in [6.45, 7) is 15.6. The van der Waals surface area contributed by atoms with Gasteiger partial charge in [-0.15, -0.1) is 11.3 Å². The molecule has 0 spiro atoms. The SMILES string of the molecule is CCNC(=NCc1cnc(C)s1)NCC(CC)(CC)NC(=O)OC(C)(C)C. The van der Waals surface area contributed by atoms with Crippen molar-refractivity contribution in [3.8, 4) is 0 Å². The molecule has 0 aliphatic rings. The van der Waals surface area contributed by atoms with E-state index in [1.807, 2.05) is 40.8 Å². The molecule has 27 heavy (non-hydrogen) atoms. The van der Waals surface area contributed by atoms with Crippen LogP contribution in [0, 0.1) is 6.92 Å². The third-order valence-electron chi connectivity index (χ3n) is 4.12. The minimum absolute atomic E-state index is 0.393. The lowest BCUT2D eigenvalue weighted by Gasteiger charge is -2.34. The van der Waals surface area contributed by atoms with Gasteiger partial charge in [-0.25, -0.2) is 14.8 Å². The van der Waals surface area contributed by atoms with Gasteiger partial charge in [-0.05, 0) is 47.5 Å². The Morgan fingerprint density at radius 3 is 2.37 bits per heavy atom. The van der Waals surface area contributed by atoms with E-state index in [4.69, 9.17) is 4.74 Å². The van der Waals surface area contributed by atoms with Gasteiger partial charge in [-0.3, -0.25) is 0 Å². The molecule has 1 heterocycles. The summed E-state index contributed by atoms with van der Waals surface area (Å²) in [5, 5.41) is 10.7. The van der Waals surface area contributed by atoms with E-state index in [0.717, 1.165) is 35.2 Å². The lowest BCUT2D eigenvalue weighted by Crippen LogP contribution is -2.57. The number of hydrogen-bond donors (Lipinski definition) is 3. The van der Waals surface area contributed by atoms with Crippen LogP contribution in [-0.2, 0) is 11.3 Å². The van der Waals surface area contributed by atoms with Crippen LogP contribution in [0.2, 0.25) is 0 Å². The monoisotopic (exact) mass is 397 g/mol. The molecule has 0 saturated heterocycles. The van der Waals surface area contributed by atoms with Gasteiger partial charge in [-0.1, -0.05) is 13.8 Å². The molecule has 0 bridgehead atoms. The molecule has 0 fully saturated rings. The van der Waals surface area contributed by atoms with Crippen molar-refractivity contribution in [2.45, 2.75) is 79.0 Å². The quantitative estimate of drug-likeness (QED) is 0.461. The van der Waals surface area contributed by atoms with Crippen LogP contribution in [0.4, 0.5) is 4.79 Å². The number of aliphatic imine (C=N–C) groups is 1. The van der Waals surface area contributed by atoms with E-state index in [2.05, 4.69) is 39.8 Å². The third-order valence-corrected chi connectivity index (χ3v) is 5.02. The Labute approximate surface area is 167 Å². The highest BCUT2D eigenvalue weighted by Crippen LogP contribution is 2.16. The number of rotatable bonds is 8. The Balaban J connectivity index is 2.76. The highest BCUT2D eigenvalue weighted by molar-refractivity contribution is 7.11. The zero-order valence-electron chi connectivity index (χ0n) is 17.7. The number of ether oxygens (including phenoxy) is 1. The number of nitrogens with zero attached hydrogens (tertiary/aromatic N) is 2. The summed E-state index contributed by atoms with van der Waals surface area (Å²) in [5.74, 6) is 0.723. The maximum Gasteiger partial charge on any atom is 0.408 e. The fourth-order valence-corrected chi connectivity index (χ4v) is 3.19. The molecule has 0 aliphatic carbocycles. The molecule has 3 N–H and O–H groups in total. The molecule has 154 valence electrons. The number of carbonyl (C=O) groups is 1. The number of nitrogens with one attached hydrogen (secondary N) is 3. The fourth-order valence-electron chi connectivity index (χ4n) is 2.47. The Kier molecular flexibility index (Phi) is 9.02. The number of aryl methyl sites for hydroxylation is 1. The van der Waals surface area contributed by atoms with E-state index in [-0.39, 0.29) is 0 Å². The van der Waals surface area contributed by atoms with Crippen LogP contribution in [0.15, 0.2) is 11.2 Å². The minimum atomic E-state index is -0.520. The number of hydrogen-bond acceptors (Lipinski definition) is 5. The van der Waals surface area contributed by atoms with Crippen LogP contribution in [0.5, 0.6) is 0 Å². The van der Waals surface area contributed by atoms with Gasteiger partial charge in [0.1, 0.15) is 5.60 Å². The first-order chi connectivity index (χ1) is 12.6. The van der Waals surface area contributed by atoms with Gasteiger partial charge in [-0.2, -0.15) is 0 Å². The average Bonchev–Trinajstić information content (AvgIpc) is 3.00. The van der Waals surface area contributed by atoms with Gasteiger partial charge in [0.15, 0.2) is 5.96 Å². The van der Waals surface area contributed by atoms with E-state index < -0.39 is 17.2 Å². The summed E-state index contributed by atoms with van der Waals surface area (Å²) in [6, 6.07) is 0. The fraction of sp³-hybridized carbons (Fsp3) is 0.737. The summed E-state index contributed by atoms with van der Waals surface area (Å²) >= 11 is 1.65. The van der Waals surface area contributed by atoms with E-state index in [1.54, 1.807) is 11.3 Å². The van der Waals surface area contributed by atoms with Gasteiger partial charge in [0, 0.05) is 24.2 Å². The molecular formula is C19H35N5O2S. The molecule has 0 unspecified atom stereocenters. The normalized spacial score (nSPS) is 12.6. The summed E-state index contributed by atoms with van der Waals surface area (Å²) in [7, 11) is 0. The molecule has 0 radical (unpaired) electrons. The highest BCUT2D eigenvalue weighted by Gasteiger charge is 2.30. The van der Waals surface area contributed by atoms with E-state index in [9.17, 15) is 4.79 Å². The Morgan fingerprint density at radius 2 is 1.89 bits per heavy atom. The zero-order valence-corrected chi connectivity index (χ0v) is 18.5. The Morgan fingerprint density at radius 1 is 1.22 bits per heavy atom. The van der Waals surface area contributed by atoms with Crippen LogP contribution in [0.3, 0.4) is 0 Å². The van der Waals surface area contributed by atoms with Crippen molar-refractivity contribution in [1.29, 1.82) is 0 Å². The predicted molar refractivity (Wildman–Crippen MR) is 112 cm³/mol. The Bertz CT molecular complexity index is 618. The average molecular weight is 398 g/mol. The molecular weight excluding hydrogens is 362 g/mol. The van der Waals surface area contributed by atoms with Crippen molar-refractivity contribution in [2.24, 2.45) is 4.99 Å². The molecule has 8 heteroatoms. The van der Waals surface area contributed by atoms with E-state index >= 15 is 0 Å². The third kappa shape index (κ3) is 8.60. The lowest BCUT2D eigenvalue weighted by atomic mass is 9.93. The number of thiazole rings is 1. The minimum Gasteiger partial charge on any atom is -0.444 e. The first kappa shape index (κ1) is 23.2. The second-order valence-corrected chi connectivity index (χ2v) is 8.83. The second kappa shape index (κ2) is 10.5. The van der Waals surface area contributed by atoms with Crippen molar-refractivity contribution >= 4 is 23.4 Å². The molecule has 0 saturated carbocycles. The molecule has 7 nitrogen and oxygen atoms in total. The van der Waals surface area contributed by atoms with Gasteiger partial charge < -0.3 is 20.7 Å². The van der Waals surface area contributed by atoms with Crippen molar-refractivity contribution in [2.75, 3.05) is 13.1 Å². The van der Waals surface area contributed by atoms with Crippen LogP contribution in [0.25, 0.3) is 0 Å². The lowest BCUT2D eigenvalue weighted by molar-refractivity contribution is 0.0448. The summed E-state index contributed by atoms with van der Waals surface area (Å²) in [5.41, 5.74) is -0.923. The smallest absolute Gasteiger partial charge is 0.408 e. The molecule has 1 aromatic heterocycles. The van der Waals surface area contributed by atoms with Crippen molar-refractivity contribution in [1.82, 2.24) is 20.9 Å². The number of aromatic nitrogens is 1. The number of carbonyl (C=O) groups excluding carboxylic acids is 1. The number of amides is 1. The van der Waals surface area contributed by atoms with Crippen molar-refractivity contribution in [3.05, 3.63) is 16.1 Å². The van der Waals surface area contributed by atoms with Crippen molar-refractivity contribution in [3.63, 3.8) is 0 Å². The molecule has 0 aromatic carbocycles. The first-order valence-corrected chi connectivity index (χ1v) is 10.4. The van der Waals surface area contributed by atoms with Gasteiger partial charge in [0.05, 0.1) is 17.1 Å². The topological polar surface area (TPSA) is 87.6 Å².